The lowest BCUT2D eigenvalue weighted by Gasteiger charge is -2.13. The Balaban J connectivity index is 1.93. The Morgan fingerprint density at radius 1 is 1.20 bits per heavy atom. The summed E-state index contributed by atoms with van der Waals surface area (Å²) in [6, 6.07) is 13.1. The van der Waals surface area contributed by atoms with Crippen LogP contribution < -0.4 is 4.90 Å². The van der Waals surface area contributed by atoms with Gasteiger partial charge in [-0.15, -0.1) is 0 Å². The molecule has 0 N–H and O–H groups in total. The zero-order valence-corrected chi connectivity index (χ0v) is 13.9. The SMILES string of the molecule is O=C1/C(=C\c2ccc(I)o2)SC(=S)N1c1ccccc1. The average Bonchev–Trinajstić information content (AvgIpc) is 2.96. The van der Waals surface area contributed by atoms with E-state index in [1.165, 1.54) is 11.8 Å². The largest absolute Gasteiger partial charge is 0.451 e. The van der Waals surface area contributed by atoms with Gasteiger partial charge < -0.3 is 4.42 Å². The first-order valence-electron chi connectivity index (χ1n) is 5.73. The van der Waals surface area contributed by atoms with E-state index in [9.17, 15) is 4.79 Å². The minimum absolute atomic E-state index is 0.113. The van der Waals surface area contributed by atoms with Gasteiger partial charge in [-0.3, -0.25) is 9.69 Å². The summed E-state index contributed by atoms with van der Waals surface area (Å²) < 4.78 is 6.77. The highest BCUT2D eigenvalue weighted by molar-refractivity contribution is 14.1. The topological polar surface area (TPSA) is 33.5 Å². The van der Waals surface area contributed by atoms with Crippen molar-refractivity contribution in [3.05, 3.63) is 56.9 Å². The van der Waals surface area contributed by atoms with Crippen molar-refractivity contribution < 1.29 is 9.21 Å². The summed E-state index contributed by atoms with van der Waals surface area (Å²) in [6.45, 7) is 0. The van der Waals surface area contributed by atoms with Gasteiger partial charge in [-0.05, 0) is 46.9 Å². The number of hydrogen-bond acceptors (Lipinski definition) is 4. The Hall–Kier alpha value is -1.12. The van der Waals surface area contributed by atoms with Gasteiger partial charge in [-0.1, -0.05) is 42.2 Å². The number of anilines is 1. The van der Waals surface area contributed by atoms with E-state index in [0.29, 0.717) is 15.0 Å². The molecule has 0 unspecified atom stereocenters. The van der Waals surface area contributed by atoms with Gasteiger partial charge in [0.15, 0.2) is 8.09 Å². The number of amides is 1. The van der Waals surface area contributed by atoms with Crippen LogP contribution in [0.3, 0.4) is 0 Å². The quantitative estimate of drug-likeness (QED) is 0.418. The van der Waals surface area contributed by atoms with Gasteiger partial charge in [0.2, 0.25) is 0 Å². The van der Waals surface area contributed by atoms with E-state index in [1.54, 1.807) is 11.0 Å². The number of nitrogens with zero attached hydrogens (tertiary/aromatic N) is 1. The van der Waals surface area contributed by atoms with Crippen molar-refractivity contribution in [1.82, 2.24) is 0 Å². The first-order chi connectivity index (χ1) is 9.65. The summed E-state index contributed by atoms with van der Waals surface area (Å²) >= 11 is 8.67. The molecule has 1 aliphatic rings. The van der Waals surface area contributed by atoms with Gasteiger partial charge in [-0.25, -0.2) is 0 Å². The number of thioether (sulfide) groups is 1. The molecule has 2 aromatic rings. The fourth-order valence-electron chi connectivity index (χ4n) is 1.80. The second kappa shape index (κ2) is 5.71. The molecule has 1 aromatic carbocycles. The normalized spacial score (nSPS) is 17.2. The lowest BCUT2D eigenvalue weighted by molar-refractivity contribution is -0.113. The number of rotatable bonds is 2. The fraction of sp³-hybridized carbons (Fsp3) is 0. The van der Waals surface area contributed by atoms with Crippen molar-refractivity contribution in [2.24, 2.45) is 0 Å². The van der Waals surface area contributed by atoms with Gasteiger partial charge in [-0.2, -0.15) is 0 Å². The first kappa shape index (κ1) is 13.8. The van der Waals surface area contributed by atoms with Crippen molar-refractivity contribution >= 4 is 68.6 Å². The van der Waals surface area contributed by atoms with E-state index in [2.05, 4.69) is 22.6 Å². The highest BCUT2D eigenvalue weighted by atomic mass is 127. The van der Waals surface area contributed by atoms with Crippen LogP contribution in [0.1, 0.15) is 5.76 Å². The lowest BCUT2D eigenvalue weighted by Crippen LogP contribution is -2.27. The third-order valence-electron chi connectivity index (χ3n) is 2.68. The highest BCUT2D eigenvalue weighted by Gasteiger charge is 2.33. The Morgan fingerprint density at radius 3 is 2.60 bits per heavy atom. The van der Waals surface area contributed by atoms with E-state index in [4.69, 9.17) is 16.6 Å². The van der Waals surface area contributed by atoms with Crippen LogP contribution in [0.2, 0.25) is 0 Å². The molecule has 1 saturated heterocycles. The van der Waals surface area contributed by atoms with Crippen LogP contribution in [0.25, 0.3) is 6.08 Å². The van der Waals surface area contributed by atoms with Crippen LogP contribution in [0.5, 0.6) is 0 Å². The number of halogens is 1. The minimum Gasteiger partial charge on any atom is -0.451 e. The molecular formula is C14H8INO2S2. The first-order valence-corrected chi connectivity index (χ1v) is 8.04. The van der Waals surface area contributed by atoms with Crippen LogP contribution in [0.4, 0.5) is 5.69 Å². The average molecular weight is 413 g/mol. The maximum Gasteiger partial charge on any atom is 0.270 e. The number of thiocarbonyl (C=S) groups is 1. The number of carbonyl (C=O) groups excluding carboxylic acids is 1. The molecule has 0 spiro atoms. The Labute approximate surface area is 139 Å². The van der Waals surface area contributed by atoms with Gasteiger partial charge in [0.25, 0.3) is 5.91 Å². The molecule has 3 nitrogen and oxygen atoms in total. The number of para-hydroxylation sites is 1. The number of hydrogen-bond donors (Lipinski definition) is 0. The number of furan rings is 1. The van der Waals surface area contributed by atoms with Crippen LogP contribution in [-0.2, 0) is 4.79 Å². The maximum absolute atomic E-state index is 12.4. The zero-order chi connectivity index (χ0) is 14.1. The molecule has 0 aliphatic carbocycles. The Kier molecular flexibility index (Phi) is 3.95. The molecule has 2 heterocycles. The minimum atomic E-state index is -0.113. The van der Waals surface area contributed by atoms with Crippen molar-refractivity contribution in [1.29, 1.82) is 0 Å². The zero-order valence-electron chi connectivity index (χ0n) is 10.1. The van der Waals surface area contributed by atoms with E-state index in [0.717, 1.165) is 9.45 Å². The van der Waals surface area contributed by atoms with Crippen molar-refractivity contribution in [3.63, 3.8) is 0 Å². The Morgan fingerprint density at radius 2 is 1.95 bits per heavy atom. The molecule has 1 aromatic heterocycles. The molecule has 0 bridgehead atoms. The van der Waals surface area contributed by atoms with Gasteiger partial charge >= 0.3 is 0 Å². The van der Waals surface area contributed by atoms with Crippen LogP contribution >= 0.6 is 46.6 Å². The highest BCUT2D eigenvalue weighted by Crippen LogP contribution is 2.36. The van der Waals surface area contributed by atoms with E-state index < -0.39 is 0 Å². The van der Waals surface area contributed by atoms with Crippen LogP contribution in [0.15, 0.2) is 51.8 Å². The molecule has 0 atom stereocenters. The summed E-state index contributed by atoms with van der Waals surface area (Å²) in [5.41, 5.74) is 0.785. The molecule has 20 heavy (non-hydrogen) atoms. The van der Waals surface area contributed by atoms with Gasteiger partial charge in [0.1, 0.15) is 5.76 Å². The lowest BCUT2D eigenvalue weighted by atomic mass is 10.3. The monoisotopic (exact) mass is 413 g/mol. The second-order valence-electron chi connectivity index (χ2n) is 3.99. The van der Waals surface area contributed by atoms with E-state index in [1.807, 2.05) is 42.5 Å². The molecule has 1 aliphatic heterocycles. The summed E-state index contributed by atoms with van der Waals surface area (Å²) in [7, 11) is 0. The van der Waals surface area contributed by atoms with Crippen LogP contribution in [0, 0.1) is 3.77 Å². The predicted molar refractivity (Wildman–Crippen MR) is 93.5 cm³/mol. The molecule has 3 rings (SSSR count). The van der Waals surface area contributed by atoms with Crippen molar-refractivity contribution in [3.8, 4) is 0 Å². The fourth-order valence-corrected chi connectivity index (χ4v) is 3.52. The van der Waals surface area contributed by atoms with Crippen molar-refractivity contribution in [2.75, 3.05) is 4.90 Å². The van der Waals surface area contributed by atoms with E-state index in [-0.39, 0.29) is 5.91 Å². The molecule has 1 fully saturated rings. The number of carbonyl (C=O) groups is 1. The third kappa shape index (κ3) is 2.68. The third-order valence-corrected chi connectivity index (χ3v) is 4.56. The molecule has 6 heteroatoms. The molecule has 0 saturated carbocycles. The summed E-state index contributed by atoms with van der Waals surface area (Å²) in [6.07, 6.45) is 1.73. The van der Waals surface area contributed by atoms with Crippen LogP contribution in [-0.4, -0.2) is 10.2 Å². The second-order valence-corrected chi connectivity index (χ2v) is 6.73. The molecule has 1 amide bonds. The summed E-state index contributed by atoms with van der Waals surface area (Å²) in [5.74, 6) is 0.542. The predicted octanol–water partition coefficient (Wildman–Crippen LogP) is 4.29. The molecule has 0 radical (unpaired) electrons. The Bertz CT molecular complexity index is 709. The van der Waals surface area contributed by atoms with Gasteiger partial charge in [0.05, 0.1) is 10.6 Å². The standard InChI is InChI=1S/C14H8INO2S2/c15-12-7-6-10(18-12)8-11-13(17)16(14(19)20-11)9-4-2-1-3-5-9/h1-8H/b11-8+. The van der Waals surface area contributed by atoms with Gasteiger partial charge in [0, 0.05) is 6.08 Å². The maximum atomic E-state index is 12.4. The van der Waals surface area contributed by atoms with Crippen molar-refractivity contribution in [2.45, 2.75) is 0 Å². The summed E-state index contributed by atoms with van der Waals surface area (Å²) in [5, 5.41) is 0. The number of benzene rings is 1. The smallest absolute Gasteiger partial charge is 0.270 e. The van der Waals surface area contributed by atoms with E-state index >= 15 is 0 Å². The molecule has 100 valence electrons. The molecular weight excluding hydrogens is 405 g/mol. The summed E-state index contributed by atoms with van der Waals surface area (Å²) in [4.78, 5) is 14.5.